The van der Waals surface area contributed by atoms with Gasteiger partial charge in [0, 0.05) is 13.2 Å². The first-order valence-electron chi connectivity index (χ1n) is 15.7. The third-order valence-corrected chi connectivity index (χ3v) is 7.16. The molecule has 1 aromatic rings. The largest absolute Gasteiger partial charge is 0.396 e. The minimum absolute atomic E-state index is 0.0343. The number of aliphatic hydroxyl groups excluding tert-OH is 1. The predicted molar refractivity (Wildman–Crippen MR) is 174 cm³/mol. The molecule has 4 heteroatoms. The minimum atomic E-state index is -0.354. The average molecular weight is 565 g/mol. The molecule has 0 amide bonds. The molecule has 4 nitrogen and oxygen atoms in total. The van der Waals surface area contributed by atoms with Crippen LogP contribution in [0.3, 0.4) is 0 Å². The molecule has 0 heterocycles. The van der Waals surface area contributed by atoms with Crippen LogP contribution in [0.25, 0.3) is 0 Å². The maximum Gasteiger partial charge on any atom is 0.0655 e. The Kier molecular flexibility index (Phi) is 15.1. The van der Waals surface area contributed by atoms with Crippen molar-refractivity contribution in [3.8, 4) is 0 Å². The normalized spacial score (nSPS) is 13.8. The summed E-state index contributed by atoms with van der Waals surface area (Å²) in [5, 5.41) is 9.39. The van der Waals surface area contributed by atoms with Crippen LogP contribution in [0.5, 0.6) is 0 Å². The second-order valence-electron chi connectivity index (χ2n) is 15.8. The third kappa shape index (κ3) is 15.3. The molecule has 1 N–H and O–H groups in total. The Morgan fingerprint density at radius 1 is 0.600 bits per heavy atom. The monoisotopic (exact) mass is 565 g/mol. The molecule has 0 fully saturated rings. The first-order valence-corrected chi connectivity index (χ1v) is 15.7. The van der Waals surface area contributed by atoms with Crippen molar-refractivity contribution in [2.24, 2.45) is 0 Å². The van der Waals surface area contributed by atoms with Gasteiger partial charge in [-0.05, 0) is 117 Å². The summed E-state index contributed by atoms with van der Waals surface area (Å²) < 4.78 is 18.9. The Morgan fingerprint density at radius 2 is 0.925 bits per heavy atom. The van der Waals surface area contributed by atoms with Gasteiger partial charge < -0.3 is 19.3 Å². The van der Waals surface area contributed by atoms with Gasteiger partial charge in [-0.25, -0.2) is 0 Å². The summed E-state index contributed by atoms with van der Waals surface area (Å²) in [7, 11) is 0. The van der Waals surface area contributed by atoms with E-state index in [4.69, 9.17) is 14.2 Å². The van der Waals surface area contributed by atoms with Crippen molar-refractivity contribution in [2.45, 2.75) is 182 Å². The summed E-state index contributed by atoms with van der Waals surface area (Å²) in [6.45, 7) is 35.6. The molecule has 0 saturated heterocycles. The smallest absolute Gasteiger partial charge is 0.0655 e. The zero-order valence-electron chi connectivity index (χ0n) is 29.5. The van der Waals surface area contributed by atoms with Crippen molar-refractivity contribution in [1.29, 1.82) is 0 Å². The number of rotatable bonds is 16. The van der Waals surface area contributed by atoms with E-state index in [0.717, 1.165) is 19.3 Å². The lowest BCUT2D eigenvalue weighted by molar-refractivity contribution is -0.143. The van der Waals surface area contributed by atoms with Crippen LogP contribution >= 0.6 is 0 Å². The highest BCUT2D eigenvalue weighted by molar-refractivity contribution is 5.32. The fraction of sp³-hybridized carbons (Fsp3) is 0.833. The lowest BCUT2D eigenvalue weighted by Gasteiger charge is -2.42. The van der Waals surface area contributed by atoms with Crippen LogP contribution in [0.1, 0.15) is 154 Å². The third-order valence-electron chi connectivity index (χ3n) is 7.16. The van der Waals surface area contributed by atoms with Gasteiger partial charge in [-0.2, -0.15) is 0 Å². The van der Waals surface area contributed by atoms with Crippen LogP contribution in [0.2, 0.25) is 0 Å². The van der Waals surface area contributed by atoms with Gasteiger partial charge in [0.15, 0.2) is 0 Å². The molecule has 0 aliphatic rings. The highest BCUT2D eigenvalue weighted by atomic mass is 16.5. The molecule has 0 radical (unpaired) electrons. The van der Waals surface area contributed by atoms with E-state index < -0.39 is 0 Å². The zero-order valence-corrected chi connectivity index (χ0v) is 29.5. The van der Waals surface area contributed by atoms with E-state index in [1.54, 1.807) is 0 Å². The summed E-state index contributed by atoms with van der Waals surface area (Å²) in [5.41, 5.74) is 1.37. The molecule has 1 rings (SSSR count). The molecular weight excluding hydrogens is 496 g/mol. The van der Waals surface area contributed by atoms with Crippen LogP contribution in [-0.4, -0.2) is 46.8 Å². The van der Waals surface area contributed by atoms with E-state index in [1.165, 1.54) is 17.5 Å². The standard InChI is InChI=1S/C33H60O4.C3H8/c1-25(2)35-22-20-31(9,10)37-33(13,14)24-29(5,6)27-17-15-26(16-18-27)28(3,4)23-32(11,12)36-30(7,8)19-21-34;1-3-2/h15-18,25,34H,19-24H2,1-14H3;3H2,1-2H3. The summed E-state index contributed by atoms with van der Waals surface area (Å²) >= 11 is 0. The Morgan fingerprint density at radius 3 is 1.23 bits per heavy atom. The molecule has 0 aliphatic heterocycles. The Labute approximate surface area is 250 Å². The zero-order chi connectivity index (χ0) is 31.6. The van der Waals surface area contributed by atoms with Gasteiger partial charge in [0.1, 0.15) is 0 Å². The fourth-order valence-corrected chi connectivity index (χ4v) is 6.19. The van der Waals surface area contributed by atoms with Crippen LogP contribution in [0.4, 0.5) is 0 Å². The van der Waals surface area contributed by atoms with Gasteiger partial charge in [-0.1, -0.05) is 72.2 Å². The molecule has 0 spiro atoms. The molecular formula is C36H68O4. The predicted octanol–water partition coefficient (Wildman–Crippen LogP) is 9.78. The Hall–Kier alpha value is -0.940. The molecule has 0 saturated carbocycles. The van der Waals surface area contributed by atoms with Gasteiger partial charge in [0.2, 0.25) is 0 Å². The van der Waals surface area contributed by atoms with Crippen molar-refractivity contribution in [1.82, 2.24) is 0 Å². The lowest BCUT2D eigenvalue weighted by atomic mass is 9.73. The maximum atomic E-state index is 9.39. The number of ether oxygens (including phenoxy) is 3. The Balaban J connectivity index is 0.00000483. The van der Waals surface area contributed by atoms with Gasteiger partial charge in [0.25, 0.3) is 0 Å². The van der Waals surface area contributed by atoms with Crippen LogP contribution in [0.15, 0.2) is 24.3 Å². The Bertz CT molecular complexity index is 829. The van der Waals surface area contributed by atoms with Gasteiger partial charge in [-0.15, -0.1) is 0 Å². The quantitative estimate of drug-likeness (QED) is 0.217. The van der Waals surface area contributed by atoms with Crippen molar-refractivity contribution >= 4 is 0 Å². The first-order chi connectivity index (χ1) is 17.9. The van der Waals surface area contributed by atoms with Crippen LogP contribution in [0, 0.1) is 0 Å². The molecule has 1 aromatic carbocycles. The molecule has 0 aliphatic carbocycles. The fourth-order valence-electron chi connectivity index (χ4n) is 6.19. The summed E-state index contributed by atoms with van der Waals surface area (Å²) in [6, 6.07) is 9.15. The minimum Gasteiger partial charge on any atom is -0.396 e. The van der Waals surface area contributed by atoms with Crippen molar-refractivity contribution < 1.29 is 19.3 Å². The van der Waals surface area contributed by atoms with E-state index >= 15 is 0 Å². The molecule has 236 valence electrons. The molecule has 0 unspecified atom stereocenters. The highest BCUT2D eigenvalue weighted by Gasteiger charge is 2.37. The summed E-state index contributed by atoms with van der Waals surface area (Å²) in [6.07, 6.45) is 4.79. The lowest BCUT2D eigenvalue weighted by Crippen LogP contribution is -2.42. The van der Waals surface area contributed by atoms with Gasteiger partial charge in [0.05, 0.1) is 28.5 Å². The second kappa shape index (κ2) is 15.5. The highest BCUT2D eigenvalue weighted by Crippen LogP contribution is 2.40. The van der Waals surface area contributed by atoms with E-state index in [0.29, 0.717) is 13.0 Å². The van der Waals surface area contributed by atoms with E-state index in [1.807, 2.05) is 0 Å². The number of aliphatic hydroxyl groups is 1. The van der Waals surface area contributed by atoms with E-state index in [2.05, 4.69) is 135 Å². The summed E-state index contributed by atoms with van der Waals surface area (Å²) in [4.78, 5) is 0. The van der Waals surface area contributed by atoms with E-state index in [9.17, 15) is 5.11 Å². The van der Waals surface area contributed by atoms with Crippen LogP contribution in [-0.2, 0) is 25.0 Å². The first kappa shape index (κ1) is 39.1. The SMILES string of the molecule is CC(C)OCCC(C)(C)OC(C)(C)CC(C)(C)c1ccc(C(C)(C)CC(C)(C)OC(C)(C)CCO)cc1.CCC. The number of hydrogen-bond acceptors (Lipinski definition) is 4. The average Bonchev–Trinajstić information content (AvgIpc) is 2.70. The molecule has 40 heavy (non-hydrogen) atoms. The number of benzene rings is 1. The maximum absolute atomic E-state index is 9.39. The summed E-state index contributed by atoms with van der Waals surface area (Å²) in [5.74, 6) is 0. The molecule has 0 aromatic heterocycles. The topological polar surface area (TPSA) is 47.9 Å². The van der Waals surface area contributed by atoms with Crippen molar-refractivity contribution in [3.63, 3.8) is 0 Å². The van der Waals surface area contributed by atoms with E-state index in [-0.39, 0.29) is 45.9 Å². The van der Waals surface area contributed by atoms with Crippen molar-refractivity contribution in [3.05, 3.63) is 35.4 Å². The second-order valence-corrected chi connectivity index (χ2v) is 15.8. The van der Waals surface area contributed by atoms with Gasteiger partial charge >= 0.3 is 0 Å². The molecule has 0 atom stereocenters. The van der Waals surface area contributed by atoms with Crippen LogP contribution < -0.4 is 0 Å². The number of hydrogen-bond donors (Lipinski definition) is 1. The van der Waals surface area contributed by atoms with Crippen molar-refractivity contribution in [2.75, 3.05) is 13.2 Å². The van der Waals surface area contributed by atoms with Gasteiger partial charge in [-0.3, -0.25) is 0 Å². The molecule has 0 bridgehead atoms.